The Morgan fingerprint density at radius 1 is 1.06 bits per heavy atom. The molecule has 4 heteroatoms. The van der Waals surface area contributed by atoms with E-state index in [1.807, 2.05) is 6.07 Å². The van der Waals surface area contributed by atoms with Crippen molar-refractivity contribution in [2.75, 3.05) is 11.6 Å². The summed E-state index contributed by atoms with van der Waals surface area (Å²) in [5, 5.41) is 4.12. The highest BCUT2D eigenvalue weighted by Crippen LogP contribution is 2.59. The van der Waals surface area contributed by atoms with Crippen molar-refractivity contribution in [2.24, 2.45) is 23.7 Å². The predicted octanol–water partition coefficient (Wildman–Crippen LogP) is 1.72. The summed E-state index contributed by atoms with van der Waals surface area (Å²) in [5.41, 5.74) is 6.94. The topological polar surface area (TPSA) is 69.9 Å². The van der Waals surface area contributed by atoms with E-state index in [-0.39, 0.29) is 0 Å². The lowest BCUT2D eigenvalue weighted by Crippen LogP contribution is -2.44. The molecular formula is C13H20N4. The molecule has 0 unspecified atom stereocenters. The zero-order chi connectivity index (χ0) is 11.6. The second-order valence-corrected chi connectivity index (χ2v) is 6.40. The van der Waals surface area contributed by atoms with Gasteiger partial charge in [0.05, 0.1) is 5.69 Å². The van der Waals surface area contributed by atoms with E-state index in [4.69, 9.17) is 11.6 Å². The van der Waals surface area contributed by atoms with E-state index in [0.717, 1.165) is 23.7 Å². The summed E-state index contributed by atoms with van der Waals surface area (Å²) in [4.78, 5) is 1.53. The largest absolute Gasteiger partial charge is 0.382 e. The average Bonchev–Trinajstić information content (AvgIpc) is 2.56. The van der Waals surface area contributed by atoms with Crippen molar-refractivity contribution in [3.8, 4) is 0 Å². The van der Waals surface area contributed by atoms with Crippen LogP contribution in [0.3, 0.4) is 0 Å². The maximum Gasteiger partial charge on any atom is 0.147 e. The van der Waals surface area contributed by atoms with Crippen LogP contribution in [0.4, 0.5) is 5.82 Å². The van der Waals surface area contributed by atoms with E-state index in [9.17, 15) is 0 Å². The number of rotatable bonds is 1. The number of nitrogens with two attached hydrogens (primary N) is 2. The molecule has 17 heavy (non-hydrogen) atoms. The molecule has 4 bridgehead atoms. The molecule has 0 aromatic carbocycles. The highest BCUT2D eigenvalue weighted by Gasteiger charge is 2.49. The van der Waals surface area contributed by atoms with Crippen molar-refractivity contribution in [3.05, 3.63) is 11.8 Å². The van der Waals surface area contributed by atoms with Crippen LogP contribution in [-0.2, 0) is 0 Å². The minimum atomic E-state index is 0.566. The normalized spacial score (nSPS) is 43.2. The van der Waals surface area contributed by atoms with Gasteiger partial charge in [-0.05, 0) is 55.8 Å². The van der Waals surface area contributed by atoms with Gasteiger partial charge in [0.15, 0.2) is 0 Å². The molecule has 1 heterocycles. The number of nitrogen functional groups attached to an aromatic ring is 2. The Bertz CT molecular complexity index is 422. The lowest BCUT2D eigenvalue weighted by Gasteiger charge is -2.54. The van der Waals surface area contributed by atoms with Gasteiger partial charge in [0, 0.05) is 12.0 Å². The zero-order valence-corrected chi connectivity index (χ0v) is 10.0. The molecule has 0 amide bonds. The third kappa shape index (κ3) is 1.33. The Morgan fingerprint density at radius 3 is 2.12 bits per heavy atom. The summed E-state index contributed by atoms with van der Waals surface area (Å²) < 4.78 is 0. The summed E-state index contributed by atoms with van der Waals surface area (Å²) in [7, 11) is 0. The molecule has 4 saturated carbocycles. The molecule has 92 valence electrons. The number of nitrogens with zero attached hydrogens (tertiary/aromatic N) is 2. The van der Waals surface area contributed by atoms with Crippen molar-refractivity contribution >= 4 is 5.82 Å². The Morgan fingerprint density at radius 2 is 1.65 bits per heavy atom. The van der Waals surface area contributed by atoms with Gasteiger partial charge >= 0.3 is 0 Å². The van der Waals surface area contributed by atoms with Crippen LogP contribution in [0.1, 0.15) is 43.7 Å². The molecule has 4 aliphatic rings. The SMILES string of the molecule is Nc1cc(C2C3CC4CC(C3)CC2C4)n(N)n1. The van der Waals surface area contributed by atoms with E-state index < -0.39 is 0 Å². The first-order valence-corrected chi connectivity index (χ1v) is 6.81. The van der Waals surface area contributed by atoms with Crippen molar-refractivity contribution in [1.29, 1.82) is 0 Å². The lowest BCUT2D eigenvalue weighted by atomic mass is 9.51. The number of aromatic nitrogens is 2. The first-order valence-electron chi connectivity index (χ1n) is 6.81. The minimum absolute atomic E-state index is 0.566. The third-order valence-electron chi connectivity index (χ3n) is 5.35. The quantitative estimate of drug-likeness (QED) is 0.724. The van der Waals surface area contributed by atoms with E-state index in [0.29, 0.717) is 11.7 Å². The molecule has 1 aromatic rings. The molecule has 4 aliphatic carbocycles. The Balaban J connectivity index is 1.72. The average molecular weight is 232 g/mol. The monoisotopic (exact) mass is 232 g/mol. The molecule has 0 saturated heterocycles. The lowest BCUT2D eigenvalue weighted by molar-refractivity contribution is -0.00511. The molecular weight excluding hydrogens is 212 g/mol. The fourth-order valence-corrected chi connectivity index (χ4v) is 5.09. The Kier molecular flexibility index (Phi) is 1.83. The summed E-state index contributed by atoms with van der Waals surface area (Å²) in [6.45, 7) is 0. The van der Waals surface area contributed by atoms with Crippen molar-refractivity contribution in [1.82, 2.24) is 9.89 Å². The summed E-state index contributed by atoms with van der Waals surface area (Å²) in [5.74, 6) is 10.8. The molecule has 4 nitrogen and oxygen atoms in total. The van der Waals surface area contributed by atoms with Gasteiger partial charge in [-0.1, -0.05) is 0 Å². The molecule has 0 atom stereocenters. The van der Waals surface area contributed by atoms with Gasteiger partial charge in [-0.2, -0.15) is 4.79 Å². The van der Waals surface area contributed by atoms with Gasteiger partial charge < -0.3 is 11.6 Å². The second-order valence-electron chi connectivity index (χ2n) is 6.40. The van der Waals surface area contributed by atoms with Crippen LogP contribution in [0.25, 0.3) is 0 Å². The fraction of sp³-hybridized carbons (Fsp3) is 0.769. The molecule has 1 aromatic heterocycles. The van der Waals surface area contributed by atoms with Crippen LogP contribution in [0, 0.1) is 23.7 Å². The van der Waals surface area contributed by atoms with E-state index in [1.165, 1.54) is 42.6 Å². The van der Waals surface area contributed by atoms with E-state index in [2.05, 4.69) is 5.10 Å². The van der Waals surface area contributed by atoms with Gasteiger partial charge in [-0.25, -0.2) is 0 Å². The third-order valence-corrected chi connectivity index (χ3v) is 5.35. The second kappa shape index (κ2) is 3.18. The van der Waals surface area contributed by atoms with Crippen LogP contribution in [0.5, 0.6) is 0 Å². The Labute approximate surface area is 101 Å². The molecule has 5 rings (SSSR count). The fourth-order valence-electron chi connectivity index (χ4n) is 5.09. The summed E-state index contributed by atoms with van der Waals surface area (Å²) in [6, 6.07) is 1.99. The minimum Gasteiger partial charge on any atom is -0.382 e. The van der Waals surface area contributed by atoms with Crippen LogP contribution >= 0.6 is 0 Å². The zero-order valence-electron chi connectivity index (χ0n) is 10.0. The van der Waals surface area contributed by atoms with Crippen molar-refractivity contribution < 1.29 is 0 Å². The van der Waals surface area contributed by atoms with Gasteiger partial charge in [0.2, 0.25) is 0 Å². The van der Waals surface area contributed by atoms with Gasteiger partial charge in [0.25, 0.3) is 0 Å². The van der Waals surface area contributed by atoms with Crippen LogP contribution in [-0.4, -0.2) is 9.89 Å². The summed E-state index contributed by atoms with van der Waals surface area (Å²) >= 11 is 0. The van der Waals surface area contributed by atoms with Crippen LogP contribution < -0.4 is 11.6 Å². The van der Waals surface area contributed by atoms with Gasteiger partial charge in [-0.15, -0.1) is 5.10 Å². The van der Waals surface area contributed by atoms with Gasteiger partial charge in [0.1, 0.15) is 5.82 Å². The van der Waals surface area contributed by atoms with E-state index >= 15 is 0 Å². The smallest absolute Gasteiger partial charge is 0.147 e. The first-order chi connectivity index (χ1) is 8.20. The van der Waals surface area contributed by atoms with Crippen LogP contribution in [0.15, 0.2) is 6.07 Å². The molecule has 4 N–H and O–H groups in total. The molecule has 0 radical (unpaired) electrons. The predicted molar refractivity (Wildman–Crippen MR) is 66.6 cm³/mol. The maximum atomic E-state index is 5.95. The number of anilines is 1. The van der Waals surface area contributed by atoms with Crippen molar-refractivity contribution in [2.45, 2.75) is 38.0 Å². The molecule has 4 fully saturated rings. The standard InChI is InChI=1S/C13H20N4/c14-12-6-11(17(15)16-12)13-9-2-7-1-8(4-9)5-10(13)3-7/h6-10,13H,1-5,15H2,(H2,14,16). The Hall–Kier alpha value is -1.19. The highest BCUT2D eigenvalue weighted by atomic mass is 15.5. The van der Waals surface area contributed by atoms with Crippen molar-refractivity contribution in [3.63, 3.8) is 0 Å². The van der Waals surface area contributed by atoms with E-state index in [1.54, 1.807) is 0 Å². The highest BCUT2D eigenvalue weighted by molar-refractivity contribution is 5.33. The number of hydrogen-bond donors (Lipinski definition) is 2. The first kappa shape index (κ1) is 9.80. The number of hydrogen-bond acceptors (Lipinski definition) is 3. The summed E-state index contributed by atoms with van der Waals surface area (Å²) in [6.07, 6.45) is 7.11. The molecule has 0 aliphatic heterocycles. The molecule has 0 spiro atoms. The van der Waals surface area contributed by atoms with Gasteiger partial charge in [-0.3, -0.25) is 0 Å². The maximum absolute atomic E-state index is 5.95. The van der Waals surface area contributed by atoms with Crippen LogP contribution in [0.2, 0.25) is 0 Å².